The van der Waals surface area contributed by atoms with E-state index in [1.807, 2.05) is 22.6 Å². The molecule has 36 heavy (non-hydrogen) atoms. The minimum atomic E-state index is -0.915. The number of nitrogens with one attached hydrogen (secondary N) is 5. The fourth-order valence-corrected chi connectivity index (χ4v) is 3.30. The van der Waals surface area contributed by atoms with E-state index < -0.39 is 35.8 Å². The molecule has 1 aromatic carbocycles. The normalized spacial score (nSPS) is 13.1. The number of primary amides is 1. The van der Waals surface area contributed by atoms with Gasteiger partial charge in [0.25, 0.3) is 5.91 Å². The van der Waals surface area contributed by atoms with Crippen LogP contribution in [0.1, 0.15) is 44.0 Å². The Bertz CT molecular complexity index is 915. The van der Waals surface area contributed by atoms with Crippen LogP contribution in [0.25, 0.3) is 0 Å². The number of halogens is 1. The topological polar surface area (TPSA) is 172 Å². The highest BCUT2D eigenvalue weighted by atomic mass is 127. The van der Waals surface area contributed by atoms with Gasteiger partial charge < -0.3 is 32.3 Å². The zero-order valence-corrected chi connectivity index (χ0v) is 22.9. The minimum absolute atomic E-state index is 0.158. The number of hydrogen-bond acceptors (Lipinski definition) is 5. The van der Waals surface area contributed by atoms with Crippen LogP contribution in [0.5, 0.6) is 0 Å². The highest BCUT2D eigenvalue weighted by molar-refractivity contribution is 14.1. The summed E-state index contributed by atoms with van der Waals surface area (Å²) in [7, 11) is 5.58. The Hall–Kier alpha value is -2.84. The standard InChI is InChI=1S/C23H34BIN6O5/c1-13(2)19(31-20(33)15-6-8-16(9-7-15)29-18(32)12-25)22(35)30-17(5-4-10-27-23(26)36)21(34)28-14(3)11-24/h6-9,13-14,17,19H,4-5,10-12H2,1-3H3,(H,28,34)(H,29,32)(H,30,35)(H,31,33)(H3,26,27,36)/t14-,17-,19?/m0/s1. The molecule has 6 amide bonds. The molecule has 0 aromatic heterocycles. The van der Waals surface area contributed by atoms with Crippen molar-refractivity contribution in [3.8, 4) is 0 Å². The Balaban J connectivity index is 2.90. The monoisotopic (exact) mass is 612 g/mol. The van der Waals surface area contributed by atoms with Crippen molar-refractivity contribution in [2.45, 2.75) is 58.1 Å². The van der Waals surface area contributed by atoms with E-state index in [9.17, 15) is 24.0 Å². The van der Waals surface area contributed by atoms with Crippen molar-refractivity contribution in [2.75, 3.05) is 16.3 Å². The van der Waals surface area contributed by atoms with Crippen molar-refractivity contribution in [1.82, 2.24) is 21.3 Å². The van der Waals surface area contributed by atoms with Crippen molar-refractivity contribution >= 4 is 65.8 Å². The van der Waals surface area contributed by atoms with E-state index in [0.29, 0.717) is 22.1 Å². The molecule has 1 rings (SSSR count). The third kappa shape index (κ3) is 11.3. The summed E-state index contributed by atoms with van der Waals surface area (Å²) in [6.07, 6.45) is 0.844. The average molecular weight is 612 g/mol. The smallest absolute Gasteiger partial charge is 0.312 e. The van der Waals surface area contributed by atoms with Crippen LogP contribution in [-0.4, -0.2) is 66.6 Å². The van der Waals surface area contributed by atoms with E-state index in [1.54, 1.807) is 45.0 Å². The molecule has 1 unspecified atom stereocenters. The van der Waals surface area contributed by atoms with Crippen LogP contribution in [0.4, 0.5) is 10.5 Å². The van der Waals surface area contributed by atoms with Crippen LogP contribution in [-0.2, 0) is 14.4 Å². The van der Waals surface area contributed by atoms with Crippen molar-refractivity contribution in [1.29, 1.82) is 0 Å². The van der Waals surface area contributed by atoms with Crippen LogP contribution < -0.4 is 32.3 Å². The summed E-state index contributed by atoms with van der Waals surface area (Å²) < 4.78 is 0.303. The van der Waals surface area contributed by atoms with E-state index in [1.165, 1.54) is 0 Å². The second-order valence-corrected chi connectivity index (χ2v) is 9.36. The number of carbonyl (C=O) groups excluding carboxylic acids is 5. The SMILES string of the molecule is [B]C[C@H](C)NC(=O)[C@H](CCCNC(N)=O)NC(=O)C(NC(=O)c1ccc(NC(=O)CI)cc1)C(C)C. The molecule has 7 N–H and O–H groups in total. The van der Waals surface area contributed by atoms with Crippen molar-refractivity contribution in [3.63, 3.8) is 0 Å². The summed E-state index contributed by atoms with van der Waals surface area (Å²) in [6, 6.07) is 3.49. The number of carbonyl (C=O) groups is 5. The second kappa shape index (κ2) is 16.0. The zero-order chi connectivity index (χ0) is 27.3. The molecular weight excluding hydrogens is 578 g/mol. The van der Waals surface area contributed by atoms with Gasteiger partial charge in [0.05, 0.1) is 12.3 Å². The summed E-state index contributed by atoms with van der Waals surface area (Å²) in [5, 5.41) is 13.3. The summed E-state index contributed by atoms with van der Waals surface area (Å²) in [5.41, 5.74) is 5.93. The molecule has 0 saturated heterocycles. The van der Waals surface area contributed by atoms with E-state index in [2.05, 4.69) is 26.6 Å². The Morgan fingerprint density at radius 1 is 0.972 bits per heavy atom. The highest BCUT2D eigenvalue weighted by Crippen LogP contribution is 2.12. The van der Waals surface area contributed by atoms with Crippen LogP contribution >= 0.6 is 22.6 Å². The van der Waals surface area contributed by atoms with Crippen LogP contribution in [0.15, 0.2) is 24.3 Å². The average Bonchev–Trinajstić information content (AvgIpc) is 2.83. The Morgan fingerprint density at radius 2 is 1.61 bits per heavy atom. The number of urea groups is 1. The second-order valence-electron chi connectivity index (χ2n) is 8.59. The number of alkyl halides is 1. The van der Waals surface area contributed by atoms with E-state index >= 15 is 0 Å². The lowest BCUT2D eigenvalue weighted by molar-refractivity contribution is -0.131. The van der Waals surface area contributed by atoms with Gasteiger partial charge in [-0.15, -0.1) is 0 Å². The number of hydrogen-bond donors (Lipinski definition) is 6. The predicted molar refractivity (Wildman–Crippen MR) is 147 cm³/mol. The molecule has 1 aromatic rings. The lowest BCUT2D eigenvalue weighted by atomic mass is 9.98. The van der Waals surface area contributed by atoms with E-state index in [0.717, 1.165) is 0 Å². The first-order valence-corrected chi connectivity index (χ1v) is 13.1. The maximum Gasteiger partial charge on any atom is 0.312 e. The van der Waals surface area contributed by atoms with Gasteiger partial charge >= 0.3 is 6.03 Å². The zero-order valence-electron chi connectivity index (χ0n) is 20.7. The molecule has 0 aliphatic rings. The molecule has 0 spiro atoms. The number of amides is 6. The van der Waals surface area contributed by atoms with Gasteiger partial charge in [-0.2, -0.15) is 0 Å². The molecule has 0 fully saturated rings. The van der Waals surface area contributed by atoms with Gasteiger partial charge in [0.2, 0.25) is 17.7 Å². The van der Waals surface area contributed by atoms with Gasteiger partial charge in [0.15, 0.2) is 0 Å². The van der Waals surface area contributed by atoms with Gasteiger partial charge in [-0.3, -0.25) is 19.2 Å². The maximum atomic E-state index is 13.1. The van der Waals surface area contributed by atoms with Crippen molar-refractivity contribution in [3.05, 3.63) is 29.8 Å². The van der Waals surface area contributed by atoms with Gasteiger partial charge in [-0.1, -0.05) is 42.8 Å². The summed E-state index contributed by atoms with van der Waals surface area (Å²) in [4.78, 5) is 61.1. The molecule has 0 heterocycles. The quantitative estimate of drug-likeness (QED) is 0.0791. The number of anilines is 1. The first kappa shape index (κ1) is 31.2. The van der Waals surface area contributed by atoms with Crippen molar-refractivity contribution < 1.29 is 24.0 Å². The third-order valence-electron chi connectivity index (χ3n) is 5.13. The van der Waals surface area contributed by atoms with Crippen LogP contribution in [0, 0.1) is 5.92 Å². The summed E-state index contributed by atoms with van der Waals surface area (Å²) in [6.45, 7) is 5.52. The molecule has 196 valence electrons. The Morgan fingerprint density at radius 3 is 2.14 bits per heavy atom. The van der Waals surface area contributed by atoms with Gasteiger partial charge in [-0.05, 0) is 49.9 Å². The molecule has 11 nitrogen and oxygen atoms in total. The summed E-state index contributed by atoms with van der Waals surface area (Å²) >= 11 is 1.95. The third-order valence-corrected chi connectivity index (χ3v) is 5.82. The van der Waals surface area contributed by atoms with E-state index in [4.69, 9.17) is 13.6 Å². The van der Waals surface area contributed by atoms with Crippen molar-refractivity contribution in [2.24, 2.45) is 11.7 Å². The fourth-order valence-electron chi connectivity index (χ4n) is 3.11. The molecule has 13 heteroatoms. The molecule has 0 aliphatic heterocycles. The number of nitrogens with two attached hydrogens (primary N) is 1. The Kier molecular flexibility index (Phi) is 13.9. The van der Waals surface area contributed by atoms with Gasteiger partial charge in [-0.25, -0.2) is 4.79 Å². The molecule has 3 atom stereocenters. The largest absolute Gasteiger partial charge is 0.353 e. The van der Waals surface area contributed by atoms with Crippen LogP contribution in [0.3, 0.4) is 0 Å². The number of benzene rings is 1. The minimum Gasteiger partial charge on any atom is -0.353 e. The molecular formula is C23H34BIN6O5. The molecule has 2 radical (unpaired) electrons. The van der Waals surface area contributed by atoms with Crippen LogP contribution in [0.2, 0.25) is 6.32 Å². The van der Waals surface area contributed by atoms with Gasteiger partial charge in [0, 0.05) is 23.8 Å². The summed E-state index contributed by atoms with van der Waals surface area (Å²) in [5.74, 6) is -1.85. The lowest BCUT2D eigenvalue weighted by Crippen LogP contribution is -2.56. The first-order chi connectivity index (χ1) is 17.0. The molecule has 0 bridgehead atoms. The maximum absolute atomic E-state index is 13.1. The van der Waals surface area contributed by atoms with E-state index in [-0.39, 0.29) is 37.2 Å². The van der Waals surface area contributed by atoms with Gasteiger partial charge in [0.1, 0.15) is 12.1 Å². The molecule has 0 aliphatic carbocycles. The number of rotatable bonds is 14. The molecule has 0 saturated carbocycles. The predicted octanol–water partition coefficient (Wildman–Crippen LogP) is 0.839. The fraction of sp³-hybridized carbons (Fsp3) is 0.522. The lowest BCUT2D eigenvalue weighted by Gasteiger charge is -2.26. The highest BCUT2D eigenvalue weighted by Gasteiger charge is 2.29. The Labute approximate surface area is 226 Å². The first-order valence-electron chi connectivity index (χ1n) is 11.6.